The van der Waals surface area contributed by atoms with Crippen LogP contribution in [-0.4, -0.2) is 42.0 Å². The number of methoxy groups -OCH3 is 2. The van der Waals surface area contributed by atoms with Crippen LogP contribution in [0.4, 0.5) is 0 Å². The molecule has 2 heterocycles. The summed E-state index contributed by atoms with van der Waals surface area (Å²) in [4.78, 5) is 23.6. The van der Waals surface area contributed by atoms with Crippen molar-refractivity contribution in [3.05, 3.63) is 83.5 Å². The van der Waals surface area contributed by atoms with E-state index in [4.69, 9.17) is 13.9 Å². The highest BCUT2D eigenvalue weighted by Crippen LogP contribution is 2.29. The number of nitrogens with zero attached hydrogens (tertiary/aromatic N) is 3. The Labute approximate surface area is 186 Å². The highest BCUT2D eigenvalue weighted by atomic mass is 16.5. The van der Waals surface area contributed by atoms with Crippen LogP contribution in [0.25, 0.3) is 11.1 Å². The molecule has 4 aromatic rings. The molecule has 0 saturated heterocycles. The number of pyridine rings is 1. The maximum absolute atomic E-state index is 13.0. The lowest BCUT2D eigenvalue weighted by atomic mass is 10.1. The number of fused-ring (bicyclic) bond motifs is 1. The van der Waals surface area contributed by atoms with E-state index in [0.717, 1.165) is 11.3 Å². The van der Waals surface area contributed by atoms with Gasteiger partial charge in [-0.2, -0.15) is 0 Å². The number of hydrogen-bond donors (Lipinski definition) is 0. The van der Waals surface area contributed by atoms with Crippen LogP contribution in [0.2, 0.25) is 0 Å². The number of rotatable bonds is 7. The fourth-order valence-electron chi connectivity index (χ4n) is 3.55. The van der Waals surface area contributed by atoms with E-state index in [1.165, 1.54) is 0 Å². The Kier molecular flexibility index (Phi) is 6.07. The van der Waals surface area contributed by atoms with E-state index in [9.17, 15) is 4.79 Å². The maximum Gasteiger partial charge on any atom is 0.254 e. The highest BCUT2D eigenvalue weighted by Gasteiger charge is 2.21. The predicted octanol–water partition coefficient (Wildman–Crippen LogP) is 4.66. The molecule has 0 unspecified atom stereocenters. The molecular weight excluding hydrogens is 406 g/mol. The zero-order chi connectivity index (χ0) is 22.7. The minimum absolute atomic E-state index is 0.108. The van der Waals surface area contributed by atoms with E-state index in [0.29, 0.717) is 40.5 Å². The van der Waals surface area contributed by atoms with E-state index in [-0.39, 0.29) is 11.9 Å². The van der Waals surface area contributed by atoms with Crippen LogP contribution >= 0.6 is 0 Å². The first-order valence-electron chi connectivity index (χ1n) is 10.3. The van der Waals surface area contributed by atoms with Crippen molar-refractivity contribution in [3.8, 4) is 11.5 Å². The molecule has 4 rings (SSSR count). The molecule has 0 bridgehead atoms. The van der Waals surface area contributed by atoms with Gasteiger partial charge >= 0.3 is 0 Å². The summed E-state index contributed by atoms with van der Waals surface area (Å²) in [5.74, 6) is 1.77. The summed E-state index contributed by atoms with van der Waals surface area (Å²) in [5.41, 5.74) is 3.63. The summed E-state index contributed by atoms with van der Waals surface area (Å²) < 4.78 is 16.6. The van der Waals surface area contributed by atoms with Gasteiger partial charge in [0, 0.05) is 25.2 Å². The standard InChI is InChI=1S/C25H25N3O4/c1-16(19-7-5-6-12-26-19)28(2)25(29)18-9-10-20-22(15-18)32-24(27-20)14-17-8-11-21(30-3)23(13-17)31-4/h5-13,15-16H,14H2,1-4H3/t16-/m1/s1. The Bertz CT molecular complexity index is 1240. The largest absolute Gasteiger partial charge is 0.493 e. The molecule has 0 aliphatic carbocycles. The average Bonchev–Trinajstić information content (AvgIpc) is 3.24. The molecule has 7 nitrogen and oxygen atoms in total. The normalized spacial score (nSPS) is 11.9. The van der Waals surface area contributed by atoms with Crippen LogP contribution in [0, 0.1) is 0 Å². The van der Waals surface area contributed by atoms with Crippen LogP contribution < -0.4 is 9.47 Å². The van der Waals surface area contributed by atoms with Crippen molar-refractivity contribution in [3.63, 3.8) is 0 Å². The molecule has 1 amide bonds. The molecule has 0 fully saturated rings. The lowest BCUT2D eigenvalue weighted by molar-refractivity contribution is 0.0740. The van der Waals surface area contributed by atoms with Gasteiger partial charge in [0.25, 0.3) is 5.91 Å². The van der Waals surface area contributed by atoms with E-state index in [1.807, 2.05) is 49.4 Å². The summed E-state index contributed by atoms with van der Waals surface area (Å²) in [6, 6.07) is 16.5. The van der Waals surface area contributed by atoms with Gasteiger partial charge in [-0.3, -0.25) is 9.78 Å². The second-order valence-corrected chi connectivity index (χ2v) is 7.50. The Morgan fingerprint density at radius 2 is 1.88 bits per heavy atom. The number of ether oxygens (including phenoxy) is 2. The molecule has 32 heavy (non-hydrogen) atoms. The van der Waals surface area contributed by atoms with Crippen molar-refractivity contribution >= 4 is 17.0 Å². The van der Waals surface area contributed by atoms with E-state index < -0.39 is 0 Å². The molecule has 2 aromatic heterocycles. The minimum atomic E-state index is -0.158. The van der Waals surface area contributed by atoms with Gasteiger partial charge in [-0.1, -0.05) is 12.1 Å². The van der Waals surface area contributed by atoms with Gasteiger partial charge in [0.15, 0.2) is 23.0 Å². The number of carbonyl (C=O) groups excluding carboxylic acids is 1. The van der Waals surface area contributed by atoms with Gasteiger partial charge in [0.05, 0.1) is 26.0 Å². The van der Waals surface area contributed by atoms with Gasteiger partial charge in [0.1, 0.15) is 5.52 Å². The first kappa shape index (κ1) is 21.4. The number of benzene rings is 2. The summed E-state index contributed by atoms with van der Waals surface area (Å²) in [6.45, 7) is 1.95. The molecule has 0 saturated carbocycles. The van der Waals surface area contributed by atoms with Crippen molar-refractivity contribution in [1.29, 1.82) is 0 Å². The van der Waals surface area contributed by atoms with Crippen LogP contribution in [0.15, 0.2) is 65.2 Å². The summed E-state index contributed by atoms with van der Waals surface area (Å²) >= 11 is 0. The molecule has 2 aromatic carbocycles. The Balaban J connectivity index is 1.54. The van der Waals surface area contributed by atoms with Crippen molar-refractivity contribution in [1.82, 2.24) is 14.9 Å². The monoisotopic (exact) mass is 431 g/mol. The molecule has 0 aliphatic heterocycles. The molecule has 1 atom stereocenters. The molecule has 0 N–H and O–H groups in total. The van der Waals surface area contributed by atoms with E-state index in [2.05, 4.69) is 9.97 Å². The lowest BCUT2D eigenvalue weighted by Gasteiger charge is -2.24. The quantitative estimate of drug-likeness (QED) is 0.423. The third-order valence-corrected chi connectivity index (χ3v) is 5.50. The summed E-state index contributed by atoms with van der Waals surface area (Å²) in [5, 5.41) is 0. The highest BCUT2D eigenvalue weighted by molar-refractivity contribution is 5.97. The number of carbonyl (C=O) groups is 1. The van der Waals surface area contributed by atoms with E-state index in [1.54, 1.807) is 44.5 Å². The second-order valence-electron chi connectivity index (χ2n) is 7.50. The van der Waals surface area contributed by atoms with Gasteiger partial charge in [-0.25, -0.2) is 4.98 Å². The Morgan fingerprint density at radius 1 is 1.06 bits per heavy atom. The first-order chi connectivity index (χ1) is 15.5. The third kappa shape index (κ3) is 4.27. The third-order valence-electron chi connectivity index (χ3n) is 5.50. The Morgan fingerprint density at radius 3 is 2.59 bits per heavy atom. The van der Waals surface area contributed by atoms with E-state index >= 15 is 0 Å². The molecular formula is C25H25N3O4. The van der Waals surface area contributed by atoms with Crippen LogP contribution in [0.5, 0.6) is 11.5 Å². The van der Waals surface area contributed by atoms with Gasteiger partial charge < -0.3 is 18.8 Å². The number of amides is 1. The van der Waals surface area contributed by atoms with Gasteiger partial charge in [-0.05, 0) is 55.0 Å². The molecule has 164 valence electrons. The van der Waals surface area contributed by atoms with Crippen LogP contribution in [0.3, 0.4) is 0 Å². The number of hydrogen-bond acceptors (Lipinski definition) is 6. The topological polar surface area (TPSA) is 77.7 Å². The Hall–Kier alpha value is -3.87. The number of aromatic nitrogens is 2. The smallest absolute Gasteiger partial charge is 0.254 e. The van der Waals surface area contributed by atoms with Crippen molar-refractivity contribution in [2.45, 2.75) is 19.4 Å². The zero-order valence-electron chi connectivity index (χ0n) is 18.5. The molecule has 0 radical (unpaired) electrons. The predicted molar refractivity (Wildman–Crippen MR) is 121 cm³/mol. The average molecular weight is 431 g/mol. The fourth-order valence-corrected chi connectivity index (χ4v) is 3.55. The van der Waals surface area contributed by atoms with Crippen molar-refractivity contribution < 1.29 is 18.7 Å². The SMILES string of the molecule is COc1ccc(Cc2nc3ccc(C(=O)N(C)[C@H](C)c4ccccn4)cc3o2)cc1OC. The minimum Gasteiger partial charge on any atom is -0.493 e. The summed E-state index contributed by atoms with van der Waals surface area (Å²) in [6.07, 6.45) is 2.22. The fraction of sp³-hybridized carbons (Fsp3) is 0.240. The first-order valence-corrected chi connectivity index (χ1v) is 10.3. The van der Waals surface area contributed by atoms with Crippen LogP contribution in [0.1, 0.15) is 40.5 Å². The van der Waals surface area contributed by atoms with Crippen LogP contribution in [-0.2, 0) is 6.42 Å². The van der Waals surface area contributed by atoms with Gasteiger partial charge in [-0.15, -0.1) is 0 Å². The van der Waals surface area contributed by atoms with Crippen molar-refractivity contribution in [2.24, 2.45) is 0 Å². The maximum atomic E-state index is 13.0. The summed E-state index contributed by atoms with van der Waals surface area (Å²) in [7, 11) is 4.98. The molecule has 0 spiro atoms. The number of oxazole rings is 1. The molecule has 7 heteroatoms. The zero-order valence-corrected chi connectivity index (χ0v) is 18.5. The second kappa shape index (κ2) is 9.09. The van der Waals surface area contributed by atoms with Crippen molar-refractivity contribution in [2.75, 3.05) is 21.3 Å². The lowest BCUT2D eigenvalue weighted by Crippen LogP contribution is -2.30. The molecule has 0 aliphatic rings. The van der Waals surface area contributed by atoms with Gasteiger partial charge in [0.2, 0.25) is 0 Å².